The van der Waals surface area contributed by atoms with Crippen molar-refractivity contribution >= 4 is 62.9 Å². The zero-order chi connectivity index (χ0) is 25.9. The van der Waals surface area contributed by atoms with Gasteiger partial charge in [0.05, 0.1) is 20.0 Å². The quantitative estimate of drug-likeness (QED) is 0.140. The van der Waals surface area contributed by atoms with E-state index in [0.717, 1.165) is 9.64 Å². The molecule has 0 amide bonds. The lowest BCUT2D eigenvalue weighted by atomic mass is 10.00. The molecule has 35 heavy (non-hydrogen) atoms. The van der Waals surface area contributed by atoms with E-state index in [1.165, 1.54) is 45.6 Å². The molecule has 0 fully saturated rings. The molecule has 11 heteroatoms. The number of esters is 1. The van der Waals surface area contributed by atoms with Crippen LogP contribution in [0.2, 0.25) is 0 Å². The van der Waals surface area contributed by atoms with E-state index < -0.39 is 17.6 Å². The van der Waals surface area contributed by atoms with Gasteiger partial charge in [-0.05, 0) is 81.6 Å². The Morgan fingerprint density at radius 1 is 0.857 bits per heavy atom. The van der Waals surface area contributed by atoms with E-state index in [4.69, 9.17) is 14.6 Å². The first kappa shape index (κ1) is 33.3. The molecule has 194 valence electrons. The van der Waals surface area contributed by atoms with Gasteiger partial charge in [0.1, 0.15) is 11.6 Å². The van der Waals surface area contributed by atoms with Crippen LogP contribution in [0.5, 0.6) is 0 Å². The summed E-state index contributed by atoms with van der Waals surface area (Å²) in [6.07, 6.45) is 0.0261. The number of carboxylic acids is 1. The van der Waals surface area contributed by atoms with Gasteiger partial charge in [-0.15, -0.1) is 0 Å². The van der Waals surface area contributed by atoms with Crippen LogP contribution in [0.1, 0.15) is 49.0 Å². The molecular weight excluding hydrogens is 692 g/mol. The maximum absolute atomic E-state index is 13.5. The van der Waals surface area contributed by atoms with Crippen LogP contribution < -0.4 is 0 Å². The molecule has 0 unspecified atom stereocenters. The number of aliphatic carboxylic acids is 1. The average molecular weight is 720 g/mol. The van der Waals surface area contributed by atoms with Gasteiger partial charge in [0, 0.05) is 45.3 Å². The second kappa shape index (κ2) is 16.1. The molecule has 0 spiro atoms. The molecule has 7 nitrogen and oxygen atoms in total. The molecule has 2 rings (SSSR count). The zero-order valence-electron chi connectivity index (χ0n) is 18.7. The third-order valence-electron chi connectivity index (χ3n) is 4.60. The third-order valence-corrected chi connectivity index (χ3v) is 5.84. The Morgan fingerprint density at radius 3 is 1.86 bits per heavy atom. The molecule has 0 aliphatic rings. The molecule has 1 N–H and O–H groups in total. The lowest BCUT2D eigenvalue weighted by Crippen LogP contribution is -2.32. The molecule has 0 saturated heterocycles. The van der Waals surface area contributed by atoms with Crippen molar-refractivity contribution in [1.29, 1.82) is 0 Å². The van der Waals surface area contributed by atoms with E-state index in [9.17, 15) is 23.2 Å². The van der Waals surface area contributed by atoms with Crippen molar-refractivity contribution in [3.05, 3.63) is 66.3 Å². The smallest absolute Gasteiger partial charge is 0.305 e. The lowest BCUT2D eigenvalue weighted by Gasteiger charge is -2.31. The normalized spacial score (nSPS) is 10.5. The summed E-state index contributed by atoms with van der Waals surface area (Å²) in [6.45, 7) is 0. The minimum atomic E-state index is -1.16. The van der Waals surface area contributed by atoms with Gasteiger partial charge in [0.2, 0.25) is 0 Å². The first-order valence-electron chi connectivity index (χ1n) is 9.81. The summed E-state index contributed by atoms with van der Waals surface area (Å²) in [5, 5.41) is 8.39. The van der Waals surface area contributed by atoms with Gasteiger partial charge in [0.15, 0.2) is 11.6 Å². The highest BCUT2D eigenvalue weighted by Crippen LogP contribution is 2.32. The first-order valence-corrected chi connectivity index (χ1v) is 12.0. The van der Waals surface area contributed by atoms with Crippen LogP contribution in [0.25, 0.3) is 0 Å². The van der Waals surface area contributed by atoms with E-state index in [1.807, 2.05) is 45.2 Å². The van der Waals surface area contributed by atoms with Crippen LogP contribution in [0.4, 0.5) is 8.78 Å². The van der Waals surface area contributed by atoms with E-state index >= 15 is 0 Å². The van der Waals surface area contributed by atoms with Gasteiger partial charge in [-0.3, -0.25) is 14.4 Å². The molecule has 0 atom stereocenters. The summed E-state index contributed by atoms with van der Waals surface area (Å²) in [5.74, 6) is -3.77. The highest BCUT2D eigenvalue weighted by atomic mass is 127. The number of halogens is 4. The fourth-order valence-corrected chi connectivity index (χ4v) is 4.16. The van der Waals surface area contributed by atoms with E-state index in [2.05, 4.69) is 4.74 Å². The molecule has 0 saturated carbocycles. The monoisotopic (exact) mass is 720 g/mol. The number of rotatable bonds is 10. The summed E-state index contributed by atoms with van der Waals surface area (Å²) in [6, 6.07) is 8.45. The number of ether oxygens (including phenoxy) is 3. The van der Waals surface area contributed by atoms with Crippen molar-refractivity contribution in [1.82, 2.24) is 0 Å². The summed E-state index contributed by atoms with van der Waals surface area (Å²) in [7, 11) is 4.23. The molecule has 0 aromatic heterocycles. The van der Waals surface area contributed by atoms with Crippen molar-refractivity contribution in [2.75, 3.05) is 21.3 Å². The number of hydrogen-bond donors (Lipinski definition) is 1. The Morgan fingerprint density at radius 2 is 1.40 bits per heavy atom. The topological polar surface area (TPSA) is 99.1 Å². The average Bonchev–Trinajstić information content (AvgIpc) is 2.77. The number of benzene rings is 2. The molecule has 2 aromatic rings. The SMILES string of the molecule is C.COC(=O)CCC(OC)(OC)c1cc(F)cc(I)c1.O=C(O)CCC(=O)c1cc(F)cc(I)c1. The standard InChI is InChI=1S/C13H16FIO4.C10H8FIO3.CH4/c1-17-12(16)4-5-13(18-2,19-3)9-6-10(14)8-11(15)7-9;11-7-3-6(4-8(12)5-7)9(13)1-2-10(14)15;/h6-8H,4-5H2,1-3H3;3-5H,1-2H2,(H,14,15);1H4. The largest absolute Gasteiger partial charge is 0.481 e. The molecular formula is C24H28F2I2O7. The predicted molar refractivity (Wildman–Crippen MR) is 143 cm³/mol. The minimum Gasteiger partial charge on any atom is -0.481 e. The van der Waals surface area contributed by atoms with Crippen LogP contribution in [0.15, 0.2) is 36.4 Å². The van der Waals surface area contributed by atoms with Crippen LogP contribution >= 0.6 is 45.2 Å². The Kier molecular flexibility index (Phi) is 15.3. The predicted octanol–water partition coefficient (Wildman–Crippen LogP) is 5.94. The third kappa shape index (κ3) is 11.3. The molecule has 0 heterocycles. The van der Waals surface area contributed by atoms with Gasteiger partial charge < -0.3 is 19.3 Å². The Balaban J connectivity index is 0.000000659. The Hall–Kier alpha value is -1.71. The summed E-state index contributed by atoms with van der Waals surface area (Å²) in [4.78, 5) is 32.9. The van der Waals surface area contributed by atoms with Crippen LogP contribution in [0, 0.1) is 18.8 Å². The van der Waals surface area contributed by atoms with Gasteiger partial charge in [-0.1, -0.05) is 7.43 Å². The van der Waals surface area contributed by atoms with Crippen LogP contribution in [-0.2, 0) is 29.6 Å². The van der Waals surface area contributed by atoms with E-state index in [0.29, 0.717) is 9.13 Å². The van der Waals surface area contributed by atoms with Crippen molar-refractivity contribution in [3.63, 3.8) is 0 Å². The van der Waals surface area contributed by atoms with Crippen molar-refractivity contribution in [3.8, 4) is 0 Å². The Bertz CT molecular complexity index is 971. The lowest BCUT2D eigenvalue weighted by molar-refractivity contribution is -0.222. The molecule has 0 bridgehead atoms. The van der Waals surface area contributed by atoms with Crippen molar-refractivity contribution in [2.24, 2.45) is 0 Å². The Labute approximate surface area is 230 Å². The van der Waals surface area contributed by atoms with Crippen molar-refractivity contribution < 1.29 is 42.5 Å². The number of carbonyl (C=O) groups is 3. The highest BCUT2D eigenvalue weighted by Gasteiger charge is 2.33. The van der Waals surface area contributed by atoms with Crippen molar-refractivity contribution in [2.45, 2.75) is 38.9 Å². The van der Waals surface area contributed by atoms with Crippen LogP contribution in [0.3, 0.4) is 0 Å². The minimum absolute atomic E-state index is 0. The van der Waals surface area contributed by atoms with Gasteiger partial charge >= 0.3 is 11.9 Å². The summed E-state index contributed by atoms with van der Waals surface area (Å²) < 4.78 is 43.1. The van der Waals surface area contributed by atoms with Crippen LogP contribution in [-0.4, -0.2) is 44.2 Å². The second-order valence-corrected chi connectivity index (χ2v) is 9.36. The number of carboxylic acid groups (broad SMARTS) is 1. The number of hydrogen-bond acceptors (Lipinski definition) is 6. The second-order valence-electron chi connectivity index (χ2n) is 6.87. The highest BCUT2D eigenvalue weighted by molar-refractivity contribution is 14.1. The maximum Gasteiger partial charge on any atom is 0.305 e. The molecule has 0 radical (unpaired) electrons. The maximum atomic E-state index is 13.5. The van der Waals surface area contributed by atoms with Gasteiger partial charge in [-0.25, -0.2) is 8.78 Å². The summed E-state index contributed by atoms with van der Waals surface area (Å²) >= 11 is 3.91. The summed E-state index contributed by atoms with van der Waals surface area (Å²) in [5.41, 5.74) is 0.756. The van der Waals surface area contributed by atoms with Gasteiger partial charge in [-0.2, -0.15) is 0 Å². The van der Waals surface area contributed by atoms with E-state index in [1.54, 1.807) is 6.07 Å². The number of methoxy groups -OCH3 is 3. The van der Waals surface area contributed by atoms with Gasteiger partial charge in [0.25, 0.3) is 0 Å². The first-order chi connectivity index (χ1) is 16.0. The number of Topliss-reactive ketones (excluding diaryl/α,β-unsaturated/α-hetero) is 1. The fourth-order valence-electron chi connectivity index (χ4n) is 2.89. The zero-order valence-corrected chi connectivity index (χ0v) is 23.0. The molecule has 2 aromatic carbocycles. The molecule has 0 aliphatic heterocycles. The number of carbonyl (C=O) groups excluding carboxylic acids is 2. The van der Waals surface area contributed by atoms with E-state index in [-0.39, 0.29) is 56.2 Å². The number of ketones is 1. The fraction of sp³-hybridized carbons (Fsp3) is 0.375. The molecule has 0 aliphatic carbocycles.